The molecule has 7 nitrogen and oxygen atoms in total. The van der Waals surface area contributed by atoms with E-state index in [1.807, 2.05) is 61.7 Å². The second kappa shape index (κ2) is 9.67. The van der Waals surface area contributed by atoms with Gasteiger partial charge in [-0.3, -0.25) is 4.79 Å². The van der Waals surface area contributed by atoms with Gasteiger partial charge in [-0.25, -0.2) is 0 Å². The number of ether oxygens (including phenoxy) is 2. The Morgan fingerprint density at radius 3 is 2.47 bits per heavy atom. The molecular weight excluding hydrogens is 400 g/mol. The van der Waals surface area contributed by atoms with Crippen molar-refractivity contribution < 1.29 is 14.3 Å². The van der Waals surface area contributed by atoms with Crippen molar-refractivity contribution in [2.24, 2.45) is 0 Å². The number of nitrogens with zero attached hydrogens (tertiary/aromatic N) is 3. The highest BCUT2D eigenvalue weighted by atomic mass is 32.2. The topological polar surface area (TPSA) is 78.3 Å². The van der Waals surface area contributed by atoms with E-state index in [2.05, 4.69) is 15.5 Å². The molecule has 3 rings (SSSR count). The van der Waals surface area contributed by atoms with E-state index >= 15 is 0 Å². The minimum absolute atomic E-state index is 0.0819. The monoisotopic (exact) mass is 426 g/mol. The summed E-state index contributed by atoms with van der Waals surface area (Å²) in [6, 6.07) is 11.5. The van der Waals surface area contributed by atoms with Crippen LogP contribution in [0.25, 0.3) is 11.4 Å². The van der Waals surface area contributed by atoms with Gasteiger partial charge in [0.05, 0.1) is 20.0 Å². The lowest BCUT2D eigenvalue weighted by atomic mass is 10.1. The van der Waals surface area contributed by atoms with Crippen LogP contribution in [0, 0.1) is 13.8 Å². The number of thioether (sulfide) groups is 1. The number of nitrogens with one attached hydrogen (secondary N) is 1. The second-order valence-electron chi connectivity index (χ2n) is 6.76. The third-order valence-corrected chi connectivity index (χ3v) is 5.76. The Labute approximate surface area is 180 Å². The number of hydrogen-bond acceptors (Lipinski definition) is 6. The van der Waals surface area contributed by atoms with Gasteiger partial charge in [0.25, 0.3) is 0 Å². The summed E-state index contributed by atoms with van der Waals surface area (Å²) in [7, 11) is 3.20. The standard InChI is InChI=1S/C22H26N4O3S/c1-6-26-21(16-8-10-18(28-4)19(12-16)29-5)24-25-22(26)30-13-20(27)23-17-9-7-14(2)15(3)11-17/h7-12H,6,13H2,1-5H3,(H,23,27). The fourth-order valence-corrected chi connectivity index (χ4v) is 3.82. The lowest BCUT2D eigenvalue weighted by Crippen LogP contribution is -2.14. The van der Waals surface area contributed by atoms with E-state index in [1.54, 1.807) is 14.2 Å². The van der Waals surface area contributed by atoms with Crippen LogP contribution in [0.1, 0.15) is 18.1 Å². The number of carbonyl (C=O) groups excluding carboxylic acids is 1. The number of methoxy groups -OCH3 is 2. The zero-order chi connectivity index (χ0) is 21.7. The van der Waals surface area contributed by atoms with E-state index < -0.39 is 0 Å². The average molecular weight is 427 g/mol. The van der Waals surface area contributed by atoms with E-state index in [0.29, 0.717) is 23.2 Å². The molecule has 2 aromatic carbocycles. The van der Waals surface area contributed by atoms with E-state index in [9.17, 15) is 4.79 Å². The number of amides is 1. The molecule has 3 aromatic rings. The van der Waals surface area contributed by atoms with E-state index in [-0.39, 0.29) is 11.7 Å². The molecule has 30 heavy (non-hydrogen) atoms. The molecular formula is C22H26N4O3S. The Balaban J connectivity index is 1.72. The van der Waals surface area contributed by atoms with Gasteiger partial charge < -0.3 is 19.4 Å². The number of aromatic nitrogens is 3. The Bertz CT molecular complexity index is 1050. The van der Waals surface area contributed by atoms with Gasteiger partial charge in [-0.05, 0) is 62.2 Å². The van der Waals surface area contributed by atoms with Crippen LogP contribution in [0.4, 0.5) is 5.69 Å². The molecule has 0 radical (unpaired) electrons. The molecule has 0 aliphatic rings. The molecule has 1 heterocycles. The smallest absolute Gasteiger partial charge is 0.234 e. The summed E-state index contributed by atoms with van der Waals surface area (Å²) in [6.07, 6.45) is 0. The summed E-state index contributed by atoms with van der Waals surface area (Å²) in [4.78, 5) is 12.4. The third-order valence-electron chi connectivity index (χ3n) is 4.80. The fraction of sp³-hybridized carbons (Fsp3) is 0.318. The molecule has 1 aromatic heterocycles. The number of benzene rings is 2. The Morgan fingerprint density at radius 1 is 1.03 bits per heavy atom. The molecule has 0 saturated carbocycles. The molecule has 8 heteroatoms. The lowest BCUT2D eigenvalue weighted by Gasteiger charge is -2.11. The Hall–Kier alpha value is -3.00. The summed E-state index contributed by atoms with van der Waals surface area (Å²) in [6.45, 7) is 6.77. The normalized spacial score (nSPS) is 10.7. The van der Waals surface area contributed by atoms with E-state index in [4.69, 9.17) is 9.47 Å². The third kappa shape index (κ3) is 4.76. The van der Waals surface area contributed by atoms with Gasteiger partial charge in [0, 0.05) is 17.8 Å². The number of rotatable bonds is 8. The first-order valence-electron chi connectivity index (χ1n) is 9.62. The van der Waals surface area contributed by atoms with Crippen LogP contribution in [-0.2, 0) is 11.3 Å². The van der Waals surface area contributed by atoms with Crippen molar-refractivity contribution in [1.82, 2.24) is 14.8 Å². The SMILES string of the molecule is CCn1c(SCC(=O)Nc2ccc(C)c(C)c2)nnc1-c1ccc(OC)c(OC)c1. The van der Waals surface area contributed by atoms with Crippen LogP contribution < -0.4 is 14.8 Å². The van der Waals surface area contributed by atoms with Gasteiger partial charge in [0.2, 0.25) is 5.91 Å². The predicted octanol–water partition coefficient (Wildman–Crippen LogP) is 4.33. The number of anilines is 1. The maximum atomic E-state index is 12.4. The van der Waals surface area contributed by atoms with Crippen molar-refractivity contribution >= 4 is 23.4 Å². The van der Waals surface area contributed by atoms with Gasteiger partial charge in [-0.2, -0.15) is 0 Å². The zero-order valence-electron chi connectivity index (χ0n) is 17.9. The highest BCUT2D eigenvalue weighted by molar-refractivity contribution is 7.99. The molecule has 158 valence electrons. The molecule has 1 N–H and O–H groups in total. The summed E-state index contributed by atoms with van der Waals surface area (Å²) in [5.74, 6) is 2.16. The van der Waals surface area contributed by atoms with Crippen LogP contribution in [0.15, 0.2) is 41.6 Å². The van der Waals surface area contributed by atoms with Crippen LogP contribution >= 0.6 is 11.8 Å². The Morgan fingerprint density at radius 2 is 1.80 bits per heavy atom. The summed E-state index contributed by atoms with van der Waals surface area (Å²) in [5.41, 5.74) is 4.01. The highest BCUT2D eigenvalue weighted by Gasteiger charge is 2.16. The summed E-state index contributed by atoms with van der Waals surface area (Å²) < 4.78 is 12.7. The van der Waals surface area contributed by atoms with Gasteiger partial charge in [-0.15, -0.1) is 10.2 Å². The molecule has 0 aliphatic heterocycles. The van der Waals surface area contributed by atoms with Gasteiger partial charge >= 0.3 is 0 Å². The quantitative estimate of drug-likeness (QED) is 0.540. The van der Waals surface area contributed by atoms with Crippen LogP contribution in [-0.4, -0.2) is 40.6 Å². The molecule has 0 unspecified atom stereocenters. The fourth-order valence-electron chi connectivity index (χ4n) is 3.02. The van der Waals surface area contributed by atoms with Crippen molar-refractivity contribution in [3.05, 3.63) is 47.5 Å². The largest absolute Gasteiger partial charge is 0.493 e. The van der Waals surface area contributed by atoms with Crippen LogP contribution in [0.2, 0.25) is 0 Å². The molecule has 0 aliphatic carbocycles. The molecule has 1 amide bonds. The Kier molecular flexibility index (Phi) is 6.99. The average Bonchev–Trinajstić information content (AvgIpc) is 3.17. The zero-order valence-corrected chi connectivity index (χ0v) is 18.7. The maximum absolute atomic E-state index is 12.4. The lowest BCUT2D eigenvalue weighted by molar-refractivity contribution is -0.113. The minimum Gasteiger partial charge on any atom is -0.493 e. The highest BCUT2D eigenvalue weighted by Crippen LogP contribution is 2.32. The van der Waals surface area contributed by atoms with Gasteiger partial charge in [0.15, 0.2) is 22.5 Å². The molecule has 0 saturated heterocycles. The molecule has 0 atom stereocenters. The van der Waals surface area contributed by atoms with Crippen molar-refractivity contribution in [2.75, 3.05) is 25.3 Å². The first-order valence-corrected chi connectivity index (χ1v) is 10.6. The summed E-state index contributed by atoms with van der Waals surface area (Å²) >= 11 is 1.36. The molecule has 0 bridgehead atoms. The predicted molar refractivity (Wildman–Crippen MR) is 120 cm³/mol. The number of aryl methyl sites for hydroxylation is 2. The van der Waals surface area contributed by atoms with Crippen LogP contribution in [0.5, 0.6) is 11.5 Å². The minimum atomic E-state index is -0.0819. The van der Waals surface area contributed by atoms with Crippen molar-refractivity contribution in [3.8, 4) is 22.9 Å². The number of hydrogen-bond donors (Lipinski definition) is 1. The van der Waals surface area contributed by atoms with E-state index in [0.717, 1.165) is 22.6 Å². The van der Waals surface area contributed by atoms with Crippen LogP contribution in [0.3, 0.4) is 0 Å². The molecule has 0 fully saturated rings. The molecule has 0 spiro atoms. The number of carbonyl (C=O) groups is 1. The maximum Gasteiger partial charge on any atom is 0.234 e. The van der Waals surface area contributed by atoms with Gasteiger partial charge in [-0.1, -0.05) is 17.8 Å². The van der Waals surface area contributed by atoms with Crippen molar-refractivity contribution in [2.45, 2.75) is 32.5 Å². The van der Waals surface area contributed by atoms with Crippen molar-refractivity contribution in [3.63, 3.8) is 0 Å². The van der Waals surface area contributed by atoms with Gasteiger partial charge in [0.1, 0.15) is 0 Å². The van der Waals surface area contributed by atoms with Crippen molar-refractivity contribution in [1.29, 1.82) is 0 Å². The second-order valence-corrected chi connectivity index (χ2v) is 7.70. The first kappa shape index (κ1) is 21.7. The first-order chi connectivity index (χ1) is 14.5. The van der Waals surface area contributed by atoms with E-state index in [1.165, 1.54) is 17.3 Å². The summed E-state index contributed by atoms with van der Waals surface area (Å²) in [5, 5.41) is 12.3.